The Balaban J connectivity index is 1.83. The number of ether oxygens (including phenoxy) is 3. The van der Waals surface area contributed by atoms with Gasteiger partial charge in [0.2, 0.25) is 0 Å². The molecule has 1 aliphatic heterocycles. The largest absolute Gasteiger partial charge is 0.493 e. The Morgan fingerprint density at radius 1 is 1.32 bits per heavy atom. The van der Waals surface area contributed by atoms with E-state index in [1.807, 2.05) is 42.5 Å². The van der Waals surface area contributed by atoms with Gasteiger partial charge in [-0.05, 0) is 29.3 Å². The summed E-state index contributed by atoms with van der Waals surface area (Å²) in [6.07, 6.45) is 0.0958. The maximum atomic E-state index is 11.2. The summed E-state index contributed by atoms with van der Waals surface area (Å²) in [5, 5.41) is 3.27. The Morgan fingerprint density at radius 2 is 2.16 bits per heavy atom. The summed E-state index contributed by atoms with van der Waals surface area (Å²) >= 11 is 6.16. The van der Waals surface area contributed by atoms with Crippen LogP contribution in [0.4, 0.5) is 4.79 Å². The number of rotatable bonds is 6. The van der Waals surface area contributed by atoms with Crippen LogP contribution in [0.2, 0.25) is 5.02 Å². The number of hydrogen-bond donors (Lipinski definition) is 1. The van der Waals surface area contributed by atoms with Crippen LogP contribution in [0.1, 0.15) is 22.8 Å². The fourth-order valence-corrected chi connectivity index (χ4v) is 3.13. The van der Waals surface area contributed by atoms with Crippen LogP contribution in [0.3, 0.4) is 0 Å². The van der Waals surface area contributed by atoms with E-state index in [1.54, 1.807) is 0 Å². The Bertz CT molecular complexity index is 750. The van der Waals surface area contributed by atoms with Gasteiger partial charge in [0.25, 0.3) is 0 Å². The van der Waals surface area contributed by atoms with Crippen LogP contribution in [0.5, 0.6) is 5.75 Å². The van der Waals surface area contributed by atoms with Crippen LogP contribution < -0.4 is 10.1 Å². The van der Waals surface area contributed by atoms with E-state index in [0.717, 1.165) is 28.9 Å². The minimum Gasteiger partial charge on any atom is -0.493 e. The Hall–Kier alpha value is -2.24. The fraction of sp³-hybridized carbons (Fsp3) is 0.316. The van der Waals surface area contributed by atoms with E-state index in [1.165, 1.54) is 7.11 Å². The van der Waals surface area contributed by atoms with E-state index in [-0.39, 0.29) is 6.10 Å². The first-order chi connectivity index (χ1) is 12.2. The monoisotopic (exact) mass is 361 g/mol. The third kappa shape index (κ3) is 4.24. The van der Waals surface area contributed by atoms with Crippen molar-refractivity contribution < 1.29 is 19.0 Å². The van der Waals surface area contributed by atoms with Crippen molar-refractivity contribution in [3.63, 3.8) is 0 Å². The molecule has 1 heterocycles. The maximum absolute atomic E-state index is 11.2. The quantitative estimate of drug-likeness (QED) is 0.796. The lowest BCUT2D eigenvalue weighted by molar-refractivity contribution is 0.0801. The van der Waals surface area contributed by atoms with E-state index in [0.29, 0.717) is 24.8 Å². The van der Waals surface area contributed by atoms with Crippen molar-refractivity contribution in [2.75, 3.05) is 26.9 Å². The topological polar surface area (TPSA) is 56.8 Å². The Labute approximate surface area is 151 Å². The molecular formula is C19H20ClNO4. The number of fused-ring (bicyclic) bond motifs is 1. The molecule has 6 heteroatoms. The SMILES string of the molecule is COC(=O)NCCOC(c1cccc(Cl)c1)c1cccc2c1CCO2. The number of methoxy groups -OCH3 is 1. The number of benzene rings is 2. The van der Waals surface area contributed by atoms with Gasteiger partial charge in [-0.2, -0.15) is 0 Å². The first-order valence-electron chi connectivity index (χ1n) is 8.12. The maximum Gasteiger partial charge on any atom is 0.406 e. The minimum absolute atomic E-state index is 0.283. The lowest BCUT2D eigenvalue weighted by Crippen LogP contribution is -2.27. The molecule has 3 rings (SSSR count). The minimum atomic E-state index is -0.475. The predicted octanol–water partition coefficient (Wildman–Crippen LogP) is 3.74. The van der Waals surface area contributed by atoms with Gasteiger partial charge in [0.15, 0.2) is 0 Å². The van der Waals surface area contributed by atoms with Crippen LogP contribution in [-0.4, -0.2) is 33.0 Å². The highest BCUT2D eigenvalue weighted by Gasteiger charge is 2.23. The summed E-state index contributed by atoms with van der Waals surface area (Å²) in [7, 11) is 1.33. The Morgan fingerprint density at radius 3 is 2.96 bits per heavy atom. The molecule has 132 valence electrons. The molecule has 0 bridgehead atoms. The standard InChI is InChI=1S/C19H20ClNO4/c1-23-19(22)21-9-11-25-18(13-4-2-5-14(20)12-13)16-6-3-7-17-15(16)8-10-24-17/h2-7,12,18H,8-11H2,1H3,(H,21,22). The number of alkyl carbamates (subject to hydrolysis) is 1. The number of nitrogens with one attached hydrogen (secondary N) is 1. The average molecular weight is 362 g/mol. The second-order valence-electron chi connectivity index (χ2n) is 5.65. The van der Waals surface area contributed by atoms with Gasteiger partial charge in [-0.3, -0.25) is 0 Å². The molecule has 2 aromatic carbocycles. The molecule has 1 amide bonds. The van der Waals surface area contributed by atoms with Crippen molar-refractivity contribution in [2.24, 2.45) is 0 Å². The van der Waals surface area contributed by atoms with Crippen LogP contribution in [-0.2, 0) is 15.9 Å². The molecule has 1 aliphatic rings. The molecule has 0 fully saturated rings. The third-order valence-corrected chi connectivity index (χ3v) is 4.29. The van der Waals surface area contributed by atoms with Crippen molar-refractivity contribution in [2.45, 2.75) is 12.5 Å². The van der Waals surface area contributed by atoms with E-state index < -0.39 is 6.09 Å². The highest BCUT2D eigenvalue weighted by atomic mass is 35.5. The van der Waals surface area contributed by atoms with Crippen LogP contribution in [0.15, 0.2) is 42.5 Å². The second kappa shape index (κ2) is 8.23. The van der Waals surface area contributed by atoms with Crippen molar-refractivity contribution in [1.82, 2.24) is 5.32 Å². The molecule has 1 atom stereocenters. The van der Waals surface area contributed by atoms with Crippen LogP contribution >= 0.6 is 11.6 Å². The van der Waals surface area contributed by atoms with Gasteiger partial charge in [-0.25, -0.2) is 4.79 Å². The highest BCUT2D eigenvalue weighted by Crippen LogP contribution is 2.36. The summed E-state index contributed by atoms with van der Waals surface area (Å²) in [4.78, 5) is 11.2. The third-order valence-electron chi connectivity index (χ3n) is 4.05. The van der Waals surface area contributed by atoms with E-state index in [4.69, 9.17) is 21.1 Å². The number of hydrogen-bond acceptors (Lipinski definition) is 4. The van der Waals surface area contributed by atoms with Gasteiger partial charge < -0.3 is 19.5 Å². The zero-order chi connectivity index (χ0) is 17.6. The normalized spacial score (nSPS) is 13.7. The highest BCUT2D eigenvalue weighted by molar-refractivity contribution is 6.30. The molecule has 2 aromatic rings. The number of carbonyl (C=O) groups excluding carboxylic acids is 1. The van der Waals surface area contributed by atoms with Crippen molar-refractivity contribution in [3.8, 4) is 5.75 Å². The molecule has 0 saturated heterocycles. The zero-order valence-corrected chi connectivity index (χ0v) is 14.7. The number of carbonyl (C=O) groups is 1. The second-order valence-corrected chi connectivity index (χ2v) is 6.08. The molecule has 1 N–H and O–H groups in total. The smallest absolute Gasteiger partial charge is 0.406 e. The average Bonchev–Trinajstić information content (AvgIpc) is 3.10. The van der Waals surface area contributed by atoms with Gasteiger partial charge in [-0.15, -0.1) is 0 Å². The molecule has 1 unspecified atom stereocenters. The molecule has 0 radical (unpaired) electrons. The first-order valence-corrected chi connectivity index (χ1v) is 8.50. The molecular weight excluding hydrogens is 342 g/mol. The van der Waals surface area contributed by atoms with Crippen molar-refractivity contribution in [1.29, 1.82) is 0 Å². The van der Waals surface area contributed by atoms with Gasteiger partial charge >= 0.3 is 6.09 Å². The van der Waals surface area contributed by atoms with E-state index in [9.17, 15) is 4.79 Å². The van der Waals surface area contributed by atoms with Crippen LogP contribution in [0.25, 0.3) is 0 Å². The summed E-state index contributed by atoms with van der Waals surface area (Å²) < 4.78 is 16.3. The zero-order valence-electron chi connectivity index (χ0n) is 14.0. The van der Waals surface area contributed by atoms with Crippen molar-refractivity contribution >= 4 is 17.7 Å². The number of amides is 1. The van der Waals surface area contributed by atoms with Gasteiger partial charge in [0.1, 0.15) is 11.9 Å². The fourth-order valence-electron chi connectivity index (χ4n) is 2.93. The predicted molar refractivity (Wildman–Crippen MR) is 95.3 cm³/mol. The molecule has 25 heavy (non-hydrogen) atoms. The van der Waals surface area contributed by atoms with Gasteiger partial charge in [0.05, 0.1) is 20.3 Å². The Kier molecular flexibility index (Phi) is 5.79. The summed E-state index contributed by atoms with van der Waals surface area (Å²) in [5.74, 6) is 0.904. The van der Waals surface area contributed by atoms with Crippen molar-refractivity contribution in [3.05, 3.63) is 64.2 Å². The lowest BCUT2D eigenvalue weighted by atomic mass is 9.95. The first kappa shape index (κ1) is 17.6. The molecule has 0 saturated carbocycles. The summed E-state index contributed by atoms with van der Waals surface area (Å²) in [6.45, 7) is 1.38. The van der Waals surface area contributed by atoms with Gasteiger partial charge in [-0.1, -0.05) is 35.9 Å². The van der Waals surface area contributed by atoms with E-state index in [2.05, 4.69) is 10.1 Å². The summed E-state index contributed by atoms with van der Waals surface area (Å²) in [6, 6.07) is 13.6. The molecule has 5 nitrogen and oxygen atoms in total. The van der Waals surface area contributed by atoms with Crippen LogP contribution in [0, 0.1) is 0 Å². The molecule has 0 aromatic heterocycles. The number of halogens is 1. The van der Waals surface area contributed by atoms with Gasteiger partial charge in [0, 0.05) is 23.6 Å². The van der Waals surface area contributed by atoms with E-state index >= 15 is 0 Å². The summed E-state index contributed by atoms with van der Waals surface area (Å²) in [5.41, 5.74) is 3.19. The molecule has 0 aliphatic carbocycles. The lowest BCUT2D eigenvalue weighted by Gasteiger charge is -2.21. The molecule has 0 spiro atoms.